The Morgan fingerprint density at radius 1 is 0.368 bits per heavy atom. The first kappa shape index (κ1) is 55.1. The molecule has 0 amide bonds. The van der Waals surface area contributed by atoms with E-state index < -0.39 is 0 Å². The molecular weight excluding hydrogens is 1050 g/mol. The largest absolute Gasteiger partial charge is 0.456 e. The van der Waals surface area contributed by atoms with E-state index >= 15 is 0 Å². The fourth-order valence-corrected chi connectivity index (χ4v) is 16.2. The molecule has 0 atom stereocenters. The summed E-state index contributed by atoms with van der Waals surface area (Å²) in [6, 6.07) is 75.0. The minimum atomic E-state index is -0.291. The van der Waals surface area contributed by atoms with Crippen LogP contribution in [0.1, 0.15) is 164 Å². The molecule has 1 aromatic heterocycles. The lowest BCUT2D eigenvalue weighted by Gasteiger charge is -2.49. The first-order valence-electron chi connectivity index (χ1n) is 31.6. The molecule has 5 heteroatoms. The summed E-state index contributed by atoms with van der Waals surface area (Å²) >= 11 is 0. The van der Waals surface area contributed by atoms with Crippen LogP contribution in [0.4, 0.5) is 51.2 Å². The zero-order valence-electron chi connectivity index (χ0n) is 53.8. The molecule has 432 valence electrons. The maximum Gasteiger partial charge on any atom is 0.252 e. The van der Waals surface area contributed by atoms with Gasteiger partial charge in [-0.25, -0.2) is 0 Å². The van der Waals surface area contributed by atoms with Crippen molar-refractivity contribution in [1.29, 1.82) is 0 Å². The summed E-state index contributed by atoms with van der Waals surface area (Å²) in [5.41, 5.74) is 31.3. The van der Waals surface area contributed by atoms with Gasteiger partial charge in [0, 0.05) is 72.5 Å². The van der Waals surface area contributed by atoms with Gasteiger partial charge in [0.15, 0.2) is 0 Å². The van der Waals surface area contributed by atoms with Gasteiger partial charge in [-0.2, -0.15) is 0 Å². The summed E-state index contributed by atoms with van der Waals surface area (Å²) in [5.74, 6) is 0. The smallest absolute Gasteiger partial charge is 0.252 e. The van der Waals surface area contributed by atoms with Gasteiger partial charge >= 0.3 is 0 Å². The Bertz CT molecular complexity index is 4630. The van der Waals surface area contributed by atoms with Crippen molar-refractivity contribution < 1.29 is 4.42 Å². The molecule has 15 rings (SSSR count). The topological polar surface area (TPSA) is 22.9 Å². The molecule has 0 N–H and O–H groups in total. The standard InChI is InChI=1S/C82H80BN3O/c1-49-42-71-76-72(43-49)86(69-47-63-61(44-50(69)2)79(9,10)57-25-18-20-27-59(57)81(63,13)14)70-48-64-62(80(11,12)58-26-19-21-28-60(58)82(64,15)16)46-66(70)83(76)65-45-55(40-41-67(65)85(71)68-29-23-31-74-75(68)56-24-17-22-30-73(56)87-74)84(53-36-32-51(33-37-53)77(3,4)5)54-38-34-52(35-39-54)78(6,7)8/h17-48H,1-16H3. The molecule has 0 fully saturated rings. The van der Waals surface area contributed by atoms with Crippen molar-refractivity contribution >= 4 is 96.2 Å². The molecule has 3 heterocycles. The van der Waals surface area contributed by atoms with E-state index in [0.29, 0.717) is 0 Å². The van der Waals surface area contributed by atoms with E-state index in [1.54, 1.807) is 0 Å². The number of rotatable bonds is 5. The molecule has 2 aliphatic carbocycles. The van der Waals surface area contributed by atoms with Gasteiger partial charge in [0.1, 0.15) is 11.2 Å². The fourth-order valence-electron chi connectivity index (χ4n) is 16.2. The molecule has 0 saturated carbocycles. The molecular formula is C82H80BN3O. The van der Waals surface area contributed by atoms with Gasteiger partial charge in [0.05, 0.1) is 11.1 Å². The molecule has 0 radical (unpaired) electrons. The van der Waals surface area contributed by atoms with E-state index in [0.717, 1.165) is 50.4 Å². The van der Waals surface area contributed by atoms with Crippen LogP contribution >= 0.6 is 0 Å². The normalized spacial score (nSPS) is 16.3. The van der Waals surface area contributed by atoms with E-state index in [1.807, 2.05) is 0 Å². The zero-order valence-corrected chi connectivity index (χ0v) is 53.8. The third-order valence-electron chi connectivity index (χ3n) is 21.0. The Hall–Kier alpha value is -8.54. The third kappa shape index (κ3) is 7.96. The quantitative estimate of drug-likeness (QED) is 0.160. The Morgan fingerprint density at radius 3 is 1.33 bits per heavy atom. The maximum absolute atomic E-state index is 6.77. The highest BCUT2D eigenvalue weighted by atomic mass is 16.3. The molecule has 0 spiro atoms. The number of furan rings is 1. The second-order valence-electron chi connectivity index (χ2n) is 30.0. The first-order chi connectivity index (χ1) is 41.3. The van der Waals surface area contributed by atoms with Gasteiger partial charge in [0.25, 0.3) is 6.71 Å². The van der Waals surface area contributed by atoms with Crippen molar-refractivity contribution in [2.75, 3.05) is 14.7 Å². The molecule has 0 bridgehead atoms. The van der Waals surface area contributed by atoms with Gasteiger partial charge in [0.2, 0.25) is 0 Å². The number of aryl methyl sites for hydroxylation is 2. The zero-order chi connectivity index (χ0) is 60.8. The Morgan fingerprint density at radius 2 is 0.805 bits per heavy atom. The predicted molar refractivity (Wildman–Crippen MR) is 371 cm³/mol. The molecule has 0 unspecified atom stereocenters. The highest BCUT2D eigenvalue weighted by Gasteiger charge is 2.50. The molecule has 10 aromatic carbocycles. The van der Waals surface area contributed by atoms with Gasteiger partial charge in [-0.05, 0) is 193 Å². The van der Waals surface area contributed by atoms with Gasteiger partial charge in [-0.15, -0.1) is 0 Å². The summed E-state index contributed by atoms with van der Waals surface area (Å²) < 4.78 is 6.77. The van der Waals surface area contributed by atoms with Crippen LogP contribution in [0.25, 0.3) is 21.9 Å². The lowest BCUT2D eigenvalue weighted by molar-refractivity contribution is 0.520. The lowest BCUT2D eigenvalue weighted by atomic mass is 9.33. The molecule has 2 aliphatic heterocycles. The number of para-hydroxylation sites is 1. The summed E-state index contributed by atoms with van der Waals surface area (Å²) in [6.45, 7) is 37.9. The maximum atomic E-state index is 6.77. The average Bonchev–Trinajstić information content (AvgIpc) is 1.83. The van der Waals surface area contributed by atoms with Crippen molar-refractivity contribution in [3.63, 3.8) is 0 Å². The van der Waals surface area contributed by atoms with E-state index in [4.69, 9.17) is 4.42 Å². The Labute approximate surface area is 516 Å². The van der Waals surface area contributed by atoms with E-state index in [2.05, 4.69) is 320 Å². The summed E-state index contributed by atoms with van der Waals surface area (Å²) in [7, 11) is 0. The van der Waals surface area contributed by atoms with E-state index in [9.17, 15) is 0 Å². The van der Waals surface area contributed by atoms with Crippen LogP contribution in [0.15, 0.2) is 199 Å². The molecule has 4 aliphatic rings. The van der Waals surface area contributed by atoms with Crippen molar-refractivity contribution in [2.45, 2.75) is 143 Å². The minimum Gasteiger partial charge on any atom is -0.456 e. The van der Waals surface area contributed by atoms with Gasteiger partial charge in [-0.3, -0.25) is 0 Å². The Balaban J connectivity index is 1.06. The Kier molecular flexibility index (Phi) is 11.7. The van der Waals surface area contributed by atoms with E-state index in [1.165, 1.54) is 106 Å². The van der Waals surface area contributed by atoms with Crippen LogP contribution in [0.5, 0.6) is 0 Å². The molecule has 87 heavy (non-hydrogen) atoms. The number of hydrogen-bond donors (Lipinski definition) is 0. The number of fused-ring (bicyclic) bond motifs is 11. The SMILES string of the molecule is Cc1cc2c3c(c1)N(c1cccc4oc5ccccc5c14)c1ccc(N(c4ccc(C(C)(C)C)cc4)c4ccc(C(C)(C)C)cc4)cc1B3c1cc3c(cc1N2c1cc2c(cc1C)C(C)(C)c1ccccc1C2(C)C)C(C)(C)c1ccccc1C3(C)C. The van der Waals surface area contributed by atoms with Crippen LogP contribution in [0, 0.1) is 13.8 Å². The monoisotopic (exact) mass is 1130 g/mol. The molecule has 0 saturated heterocycles. The lowest BCUT2D eigenvalue weighted by Crippen LogP contribution is -2.62. The number of benzene rings is 10. The van der Waals surface area contributed by atoms with Crippen LogP contribution in [0.2, 0.25) is 0 Å². The number of nitrogens with zero attached hydrogens (tertiary/aromatic N) is 3. The van der Waals surface area contributed by atoms with Crippen molar-refractivity contribution in [3.8, 4) is 0 Å². The highest BCUT2D eigenvalue weighted by Crippen LogP contribution is 2.57. The second kappa shape index (κ2) is 18.5. The molecule has 11 aromatic rings. The second-order valence-corrected chi connectivity index (χ2v) is 30.0. The summed E-state index contributed by atoms with van der Waals surface area (Å²) in [6.07, 6.45) is 0. The minimum absolute atomic E-state index is 0.00276. The van der Waals surface area contributed by atoms with Crippen molar-refractivity contribution in [2.24, 2.45) is 0 Å². The van der Waals surface area contributed by atoms with Crippen LogP contribution in [0.3, 0.4) is 0 Å². The van der Waals surface area contributed by atoms with Crippen molar-refractivity contribution in [3.05, 3.63) is 261 Å². The average molecular weight is 1130 g/mol. The van der Waals surface area contributed by atoms with Crippen molar-refractivity contribution in [1.82, 2.24) is 0 Å². The fraction of sp³-hybridized carbons (Fsp3) is 0.268. The van der Waals surface area contributed by atoms with Crippen LogP contribution in [-0.2, 0) is 32.5 Å². The predicted octanol–water partition coefficient (Wildman–Crippen LogP) is 20.3. The first-order valence-corrected chi connectivity index (χ1v) is 31.6. The third-order valence-corrected chi connectivity index (χ3v) is 21.0. The van der Waals surface area contributed by atoms with Crippen LogP contribution in [-0.4, -0.2) is 6.71 Å². The number of hydrogen-bond acceptors (Lipinski definition) is 4. The van der Waals surface area contributed by atoms with Gasteiger partial charge < -0.3 is 19.1 Å². The highest BCUT2D eigenvalue weighted by molar-refractivity contribution is 7.00. The van der Waals surface area contributed by atoms with Gasteiger partial charge in [-0.1, -0.05) is 206 Å². The number of anilines is 9. The van der Waals surface area contributed by atoms with E-state index in [-0.39, 0.29) is 39.2 Å². The summed E-state index contributed by atoms with van der Waals surface area (Å²) in [4.78, 5) is 7.80. The summed E-state index contributed by atoms with van der Waals surface area (Å²) in [5, 5.41) is 2.21. The molecule has 4 nitrogen and oxygen atoms in total. The van der Waals surface area contributed by atoms with Crippen LogP contribution < -0.4 is 31.1 Å².